The van der Waals surface area contributed by atoms with Gasteiger partial charge in [0, 0.05) is 24.3 Å². The van der Waals surface area contributed by atoms with Crippen LogP contribution in [0, 0.1) is 0 Å². The first-order valence-corrected chi connectivity index (χ1v) is 7.19. The molecule has 0 saturated heterocycles. The fourth-order valence-corrected chi connectivity index (χ4v) is 2.80. The highest BCUT2D eigenvalue weighted by atomic mass is 16.5. The van der Waals surface area contributed by atoms with Crippen LogP contribution in [0.15, 0.2) is 42.5 Å². The molecule has 3 rings (SSSR count). The third kappa shape index (κ3) is 2.77. The van der Waals surface area contributed by atoms with Crippen LogP contribution in [-0.2, 0) is 13.0 Å². The molecular weight excluding hydrogens is 262 g/mol. The number of anilines is 1. The Labute approximate surface area is 125 Å². The van der Waals surface area contributed by atoms with Crippen LogP contribution in [0.4, 0.5) is 5.69 Å². The Kier molecular flexibility index (Phi) is 3.65. The topological polar surface area (TPSA) is 29.5 Å². The van der Waals surface area contributed by atoms with Crippen molar-refractivity contribution in [1.29, 1.82) is 0 Å². The summed E-state index contributed by atoms with van der Waals surface area (Å²) in [5.74, 6) is 1.01. The summed E-state index contributed by atoms with van der Waals surface area (Å²) >= 11 is 0. The highest BCUT2D eigenvalue weighted by Gasteiger charge is 2.19. The molecule has 108 valence electrons. The van der Waals surface area contributed by atoms with E-state index in [1.54, 1.807) is 14.0 Å². The lowest BCUT2D eigenvalue weighted by molar-refractivity contribution is 0.101. The van der Waals surface area contributed by atoms with Crippen molar-refractivity contribution < 1.29 is 9.53 Å². The average molecular weight is 281 g/mol. The van der Waals surface area contributed by atoms with Crippen molar-refractivity contribution >= 4 is 11.5 Å². The molecule has 0 unspecified atom stereocenters. The molecule has 0 aliphatic carbocycles. The molecule has 1 aliphatic heterocycles. The van der Waals surface area contributed by atoms with Gasteiger partial charge in [-0.2, -0.15) is 0 Å². The molecule has 0 fully saturated rings. The van der Waals surface area contributed by atoms with Gasteiger partial charge in [0.25, 0.3) is 0 Å². The quantitative estimate of drug-likeness (QED) is 0.804. The maximum absolute atomic E-state index is 11.5. The lowest BCUT2D eigenvalue weighted by Crippen LogP contribution is -2.19. The normalized spacial score (nSPS) is 13.1. The fourth-order valence-electron chi connectivity index (χ4n) is 2.80. The Morgan fingerprint density at radius 2 is 1.95 bits per heavy atom. The summed E-state index contributed by atoms with van der Waals surface area (Å²) in [5, 5.41) is 0. The van der Waals surface area contributed by atoms with E-state index in [0.29, 0.717) is 0 Å². The van der Waals surface area contributed by atoms with Crippen molar-refractivity contribution in [2.45, 2.75) is 19.9 Å². The summed E-state index contributed by atoms with van der Waals surface area (Å²) in [7, 11) is 1.68. The van der Waals surface area contributed by atoms with E-state index >= 15 is 0 Å². The first-order chi connectivity index (χ1) is 10.2. The number of nitrogens with zero attached hydrogens (tertiary/aromatic N) is 1. The van der Waals surface area contributed by atoms with Crippen molar-refractivity contribution in [2.75, 3.05) is 18.6 Å². The number of fused-ring (bicyclic) bond motifs is 1. The maximum Gasteiger partial charge on any atom is 0.159 e. The Hall–Kier alpha value is -2.29. The van der Waals surface area contributed by atoms with Crippen LogP contribution in [-0.4, -0.2) is 19.4 Å². The largest absolute Gasteiger partial charge is 0.497 e. The van der Waals surface area contributed by atoms with Gasteiger partial charge in [0.05, 0.1) is 7.11 Å². The first kappa shape index (κ1) is 13.7. The van der Waals surface area contributed by atoms with Crippen molar-refractivity contribution in [1.82, 2.24) is 0 Å². The number of methoxy groups -OCH3 is 1. The summed E-state index contributed by atoms with van der Waals surface area (Å²) in [4.78, 5) is 13.8. The summed E-state index contributed by atoms with van der Waals surface area (Å²) in [6.07, 6.45) is 1.01. The van der Waals surface area contributed by atoms with Crippen LogP contribution < -0.4 is 9.64 Å². The molecule has 1 heterocycles. The molecule has 0 bridgehead atoms. The predicted molar refractivity (Wildman–Crippen MR) is 84.2 cm³/mol. The molecule has 2 aromatic carbocycles. The first-order valence-electron chi connectivity index (χ1n) is 7.19. The number of hydrogen-bond acceptors (Lipinski definition) is 3. The Bertz CT molecular complexity index is 661. The highest BCUT2D eigenvalue weighted by molar-refractivity contribution is 5.94. The molecule has 3 nitrogen and oxygen atoms in total. The van der Waals surface area contributed by atoms with Crippen molar-refractivity contribution in [3.05, 3.63) is 59.2 Å². The second-order valence-electron chi connectivity index (χ2n) is 5.42. The maximum atomic E-state index is 11.5. The van der Waals surface area contributed by atoms with E-state index in [-0.39, 0.29) is 5.78 Å². The third-order valence-electron chi connectivity index (χ3n) is 4.01. The molecule has 0 atom stereocenters. The van der Waals surface area contributed by atoms with Gasteiger partial charge in [-0.3, -0.25) is 4.79 Å². The zero-order valence-corrected chi connectivity index (χ0v) is 12.4. The van der Waals surface area contributed by atoms with Gasteiger partial charge in [-0.25, -0.2) is 0 Å². The minimum Gasteiger partial charge on any atom is -0.497 e. The smallest absolute Gasteiger partial charge is 0.159 e. The van der Waals surface area contributed by atoms with E-state index in [1.807, 2.05) is 24.3 Å². The van der Waals surface area contributed by atoms with E-state index < -0.39 is 0 Å². The number of hydrogen-bond donors (Lipinski definition) is 0. The number of carbonyl (C=O) groups is 1. The number of Topliss-reactive ketones (excluding diaryl/α,β-unsaturated/α-hetero) is 1. The molecule has 3 heteroatoms. The number of ketones is 1. The summed E-state index contributed by atoms with van der Waals surface area (Å²) in [5.41, 5.74) is 4.59. The van der Waals surface area contributed by atoms with Crippen LogP contribution in [0.2, 0.25) is 0 Å². The number of benzene rings is 2. The third-order valence-corrected chi connectivity index (χ3v) is 4.01. The van der Waals surface area contributed by atoms with Gasteiger partial charge in [-0.1, -0.05) is 12.1 Å². The lowest BCUT2D eigenvalue weighted by Gasteiger charge is -2.19. The standard InChI is InChI=1S/C18H19NO2/c1-13(20)15-5-8-18-16(11-15)9-10-19(18)12-14-3-6-17(21-2)7-4-14/h3-8,11H,9-10,12H2,1-2H3. The van der Waals surface area contributed by atoms with Gasteiger partial charge >= 0.3 is 0 Å². The van der Waals surface area contributed by atoms with Gasteiger partial charge in [0.1, 0.15) is 5.75 Å². The fraction of sp³-hybridized carbons (Fsp3) is 0.278. The molecule has 1 aliphatic rings. The van der Waals surface area contributed by atoms with E-state index in [0.717, 1.165) is 30.8 Å². The van der Waals surface area contributed by atoms with E-state index in [4.69, 9.17) is 4.74 Å². The van der Waals surface area contributed by atoms with E-state index in [1.165, 1.54) is 16.8 Å². The molecule has 0 radical (unpaired) electrons. The van der Waals surface area contributed by atoms with Crippen LogP contribution in [0.3, 0.4) is 0 Å². The van der Waals surface area contributed by atoms with Gasteiger partial charge in [0.2, 0.25) is 0 Å². The van der Waals surface area contributed by atoms with Crippen molar-refractivity contribution in [2.24, 2.45) is 0 Å². The second-order valence-corrected chi connectivity index (χ2v) is 5.42. The van der Waals surface area contributed by atoms with E-state index in [2.05, 4.69) is 23.1 Å². The highest BCUT2D eigenvalue weighted by Crippen LogP contribution is 2.30. The molecular formula is C18H19NO2. The molecule has 0 spiro atoms. The Morgan fingerprint density at radius 1 is 1.19 bits per heavy atom. The molecule has 21 heavy (non-hydrogen) atoms. The van der Waals surface area contributed by atoms with Crippen LogP contribution in [0.1, 0.15) is 28.4 Å². The van der Waals surface area contributed by atoms with Crippen molar-refractivity contribution in [3.63, 3.8) is 0 Å². The van der Waals surface area contributed by atoms with Gasteiger partial charge in [-0.05, 0) is 54.8 Å². The van der Waals surface area contributed by atoms with Crippen LogP contribution in [0.25, 0.3) is 0 Å². The molecule has 0 N–H and O–H groups in total. The molecule has 0 aromatic heterocycles. The number of ether oxygens (including phenoxy) is 1. The van der Waals surface area contributed by atoms with Crippen molar-refractivity contribution in [3.8, 4) is 5.75 Å². The van der Waals surface area contributed by atoms with Gasteiger partial charge < -0.3 is 9.64 Å². The summed E-state index contributed by atoms with van der Waals surface area (Å²) in [6.45, 7) is 3.50. The van der Waals surface area contributed by atoms with Crippen LogP contribution >= 0.6 is 0 Å². The van der Waals surface area contributed by atoms with Crippen LogP contribution in [0.5, 0.6) is 5.75 Å². The SMILES string of the molecule is COc1ccc(CN2CCc3cc(C(C)=O)ccc32)cc1. The van der Waals surface area contributed by atoms with Gasteiger partial charge in [0.15, 0.2) is 5.78 Å². The Balaban J connectivity index is 1.79. The van der Waals surface area contributed by atoms with Gasteiger partial charge in [-0.15, -0.1) is 0 Å². The summed E-state index contributed by atoms with van der Waals surface area (Å²) in [6, 6.07) is 14.2. The number of rotatable bonds is 4. The zero-order chi connectivity index (χ0) is 14.8. The molecule has 2 aromatic rings. The van der Waals surface area contributed by atoms with E-state index in [9.17, 15) is 4.79 Å². The zero-order valence-electron chi connectivity index (χ0n) is 12.4. The predicted octanol–water partition coefficient (Wildman–Crippen LogP) is 3.46. The summed E-state index contributed by atoms with van der Waals surface area (Å²) < 4.78 is 5.19. The number of carbonyl (C=O) groups excluding carboxylic acids is 1. The molecule has 0 amide bonds. The minimum absolute atomic E-state index is 0.131. The Morgan fingerprint density at radius 3 is 2.62 bits per heavy atom. The molecule has 0 saturated carbocycles. The monoisotopic (exact) mass is 281 g/mol. The average Bonchev–Trinajstić information content (AvgIpc) is 2.90. The lowest BCUT2D eigenvalue weighted by atomic mass is 10.1. The minimum atomic E-state index is 0.131. The second kappa shape index (κ2) is 5.60.